The minimum absolute atomic E-state index is 0.0636. The summed E-state index contributed by atoms with van der Waals surface area (Å²) in [5.41, 5.74) is 0.598. The monoisotopic (exact) mass is 264 g/mol. The van der Waals surface area contributed by atoms with Gasteiger partial charge >= 0.3 is 0 Å². The van der Waals surface area contributed by atoms with Gasteiger partial charge in [-0.25, -0.2) is 0 Å². The molecule has 106 valence electrons. The van der Waals surface area contributed by atoms with Crippen molar-refractivity contribution in [3.05, 3.63) is 29.8 Å². The number of hydrogen-bond donors (Lipinski definition) is 2. The first-order valence-corrected chi connectivity index (χ1v) is 6.56. The van der Waals surface area contributed by atoms with Gasteiger partial charge in [-0.2, -0.15) is 0 Å². The molecule has 0 aliphatic carbocycles. The van der Waals surface area contributed by atoms with Crippen LogP contribution in [0, 0.1) is 5.41 Å². The van der Waals surface area contributed by atoms with Gasteiger partial charge in [0.05, 0.1) is 7.11 Å². The van der Waals surface area contributed by atoms with Crippen LogP contribution in [0.4, 0.5) is 0 Å². The summed E-state index contributed by atoms with van der Waals surface area (Å²) < 4.78 is 5.33. The maximum Gasteiger partial charge on any atom is 0.226 e. The lowest BCUT2D eigenvalue weighted by Crippen LogP contribution is -2.41. The summed E-state index contributed by atoms with van der Waals surface area (Å²) in [7, 11) is 3.52. The Balaban J connectivity index is 2.69. The molecular weight excluding hydrogens is 240 g/mol. The average Bonchev–Trinajstić information content (AvgIpc) is 2.39. The molecule has 0 radical (unpaired) electrons. The van der Waals surface area contributed by atoms with Crippen molar-refractivity contribution in [2.24, 2.45) is 5.41 Å². The molecule has 0 saturated heterocycles. The highest BCUT2D eigenvalue weighted by atomic mass is 16.5. The van der Waals surface area contributed by atoms with Gasteiger partial charge in [0, 0.05) is 18.5 Å². The maximum absolute atomic E-state index is 12.2. The quantitative estimate of drug-likeness (QED) is 0.736. The third-order valence-electron chi connectivity index (χ3n) is 3.10. The van der Waals surface area contributed by atoms with Crippen molar-refractivity contribution in [3.63, 3.8) is 0 Å². The second kappa shape index (κ2) is 7.14. The highest BCUT2D eigenvalue weighted by Crippen LogP contribution is 2.27. The number of para-hydroxylation sites is 1. The highest BCUT2D eigenvalue weighted by Gasteiger charge is 2.28. The van der Waals surface area contributed by atoms with Crippen LogP contribution in [0.1, 0.15) is 19.4 Å². The van der Waals surface area contributed by atoms with Gasteiger partial charge in [0.1, 0.15) is 5.75 Å². The van der Waals surface area contributed by atoms with Crippen molar-refractivity contribution in [2.75, 3.05) is 27.2 Å². The van der Waals surface area contributed by atoms with E-state index in [1.807, 2.05) is 45.2 Å². The zero-order valence-electron chi connectivity index (χ0n) is 12.2. The molecule has 0 spiro atoms. The Bertz CT molecular complexity index is 416. The number of amides is 1. The number of methoxy groups -OCH3 is 1. The summed E-state index contributed by atoms with van der Waals surface area (Å²) in [5.74, 6) is 0.896. The molecular formula is C15H24N2O2. The Morgan fingerprint density at radius 2 is 1.95 bits per heavy atom. The summed E-state index contributed by atoms with van der Waals surface area (Å²) in [6.45, 7) is 5.32. The number of carbonyl (C=O) groups is 1. The number of benzene rings is 1. The molecule has 1 rings (SSSR count). The number of carbonyl (C=O) groups excluding carboxylic acids is 1. The summed E-state index contributed by atoms with van der Waals surface area (Å²) >= 11 is 0. The van der Waals surface area contributed by atoms with Gasteiger partial charge in [0.15, 0.2) is 0 Å². The normalized spacial score (nSPS) is 11.2. The van der Waals surface area contributed by atoms with Crippen LogP contribution in [0.2, 0.25) is 0 Å². The lowest BCUT2D eigenvalue weighted by Gasteiger charge is -2.24. The van der Waals surface area contributed by atoms with Crippen molar-refractivity contribution >= 4 is 5.91 Å². The first kappa shape index (κ1) is 15.5. The van der Waals surface area contributed by atoms with E-state index < -0.39 is 5.41 Å². The molecule has 0 fully saturated rings. The van der Waals surface area contributed by atoms with Crippen molar-refractivity contribution < 1.29 is 9.53 Å². The zero-order valence-corrected chi connectivity index (χ0v) is 12.2. The van der Waals surface area contributed by atoms with E-state index in [9.17, 15) is 4.79 Å². The molecule has 0 aromatic heterocycles. The molecule has 0 unspecified atom stereocenters. The van der Waals surface area contributed by atoms with E-state index in [0.29, 0.717) is 13.0 Å². The van der Waals surface area contributed by atoms with E-state index in [0.717, 1.165) is 17.9 Å². The van der Waals surface area contributed by atoms with Crippen LogP contribution in [-0.4, -0.2) is 33.2 Å². The Morgan fingerprint density at radius 1 is 1.26 bits per heavy atom. The lowest BCUT2D eigenvalue weighted by atomic mass is 9.84. The van der Waals surface area contributed by atoms with Crippen LogP contribution >= 0.6 is 0 Å². The Hall–Kier alpha value is -1.55. The SMILES string of the molecule is CNCCNC(=O)C(C)(C)Cc1ccccc1OC. The molecule has 0 aliphatic rings. The van der Waals surface area contributed by atoms with Gasteiger partial charge in [-0.05, 0) is 25.1 Å². The van der Waals surface area contributed by atoms with Crippen LogP contribution in [0.3, 0.4) is 0 Å². The minimum atomic E-state index is -0.456. The largest absolute Gasteiger partial charge is 0.496 e. The van der Waals surface area contributed by atoms with E-state index in [-0.39, 0.29) is 5.91 Å². The third-order valence-corrected chi connectivity index (χ3v) is 3.10. The van der Waals surface area contributed by atoms with E-state index in [1.165, 1.54) is 0 Å². The number of nitrogens with one attached hydrogen (secondary N) is 2. The lowest BCUT2D eigenvalue weighted by molar-refractivity contribution is -0.129. The molecule has 0 atom stereocenters. The van der Waals surface area contributed by atoms with Crippen LogP contribution < -0.4 is 15.4 Å². The molecule has 0 bridgehead atoms. The van der Waals surface area contributed by atoms with Crippen molar-refractivity contribution in [1.29, 1.82) is 0 Å². The smallest absolute Gasteiger partial charge is 0.226 e. The molecule has 1 aromatic rings. The highest BCUT2D eigenvalue weighted by molar-refractivity contribution is 5.82. The number of hydrogen-bond acceptors (Lipinski definition) is 3. The number of likely N-dealkylation sites (N-methyl/N-ethyl adjacent to an activating group) is 1. The van der Waals surface area contributed by atoms with Gasteiger partial charge in [-0.3, -0.25) is 4.79 Å². The van der Waals surface area contributed by atoms with Crippen LogP contribution in [0.5, 0.6) is 5.75 Å². The van der Waals surface area contributed by atoms with Gasteiger partial charge in [0.2, 0.25) is 5.91 Å². The number of ether oxygens (including phenoxy) is 1. The van der Waals surface area contributed by atoms with Gasteiger partial charge < -0.3 is 15.4 Å². The standard InChI is InChI=1S/C15H24N2O2/c1-15(2,14(18)17-10-9-16-3)11-12-7-5-6-8-13(12)19-4/h5-8,16H,9-11H2,1-4H3,(H,17,18). The summed E-state index contributed by atoms with van der Waals surface area (Å²) in [6.07, 6.45) is 0.655. The predicted octanol–water partition coefficient (Wildman–Crippen LogP) is 1.60. The molecule has 19 heavy (non-hydrogen) atoms. The summed E-state index contributed by atoms with van der Waals surface area (Å²) in [5, 5.41) is 5.95. The second-order valence-corrected chi connectivity index (χ2v) is 5.23. The first-order valence-electron chi connectivity index (χ1n) is 6.56. The van der Waals surface area contributed by atoms with E-state index in [4.69, 9.17) is 4.74 Å². The van der Waals surface area contributed by atoms with Crippen LogP contribution in [0.15, 0.2) is 24.3 Å². The molecule has 0 aliphatic heterocycles. The van der Waals surface area contributed by atoms with Crippen molar-refractivity contribution in [1.82, 2.24) is 10.6 Å². The molecule has 1 amide bonds. The van der Waals surface area contributed by atoms with Crippen LogP contribution in [-0.2, 0) is 11.2 Å². The minimum Gasteiger partial charge on any atom is -0.496 e. The summed E-state index contributed by atoms with van der Waals surface area (Å²) in [4.78, 5) is 12.2. The fourth-order valence-corrected chi connectivity index (χ4v) is 1.95. The number of rotatable bonds is 7. The molecule has 4 heteroatoms. The molecule has 2 N–H and O–H groups in total. The van der Waals surface area contributed by atoms with Crippen LogP contribution in [0.25, 0.3) is 0 Å². The van der Waals surface area contributed by atoms with Gasteiger partial charge in [-0.15, -0.1) is 0 Å². The van der Waals surface area contributed by atoms with Gasteiger partial charge in [-0.1, -0.05) is 32.0 Å². The van der Waals surface area contributed by atoms with Gasteiger partial charge in [0.25, 0.3) is 0 Å². The fourth-order valence-electron chi connectivity index (χ4n) is 1.95. The molecule has 1 aromatic carbocycles. The summed E-state index contributed by atoms with van der Waals surface area (Å²) in [6, 6.07) is 7.82. The molecule has 0 heterocycles. The third kappa shape index (κ3) is 4.56. The van der Waals surface area contributed by atoms with Crippen molar-refractivity contribution in [3.8, 4) is 5.75 Å². The van der Waals surface area contributed by atoms with E-state index in [1.54, 1.807) is 7.11 Å². The first-order chi connectivity index (χ1) is 9.01. The van der Waals surface area contributed by atoms with E-state index >= 15 is 0 Å². The van der Waals surface area contributed by atoms with Crippen molar-refractivity contribution in [2.45, 2.75) is 20.3 Å². The maximum atomic E-state index is 12.2. The predicted molar refractivity (Wildman–Crippen MR) is 77.4 cm³/mol. The Morgan fingerprint density at radius 3 is 2.58 bits per heavy atom. The zero-order chi connectivity index (χ0) is 14.3. The van der Waals surface area contributed by atoms with E-state index in [2.05, 4.69) is 10.6 Å². The molecule has 4 nitrogen and oxygen atoms in total. The Kier molecular flexibility index (Phi) is 5.83. The average molecular weight is 264 g/mol. The second-order valence-electron chi connectivity index (χ2n) is 5.23. The molecule has 0 saturated carbocycles. The Labute approximate surface area is 115 Å². The topological polar surface area (TPSA) is 50.4 Å². The fraction of sp³-hybridized carbons (Fsp3) is 0.533.